The van der Waals surface area contributed by atoms with Crippen molar-refractivity contribution < 1.29 is 4.29 Å². The van der Waals surface area contributed by atoms with Crippen LogP contribution in [0.3, 0.4) is 0 Å². The Morgan fingerprint density at radius 3 is 2.75 bits per heavy atom. The van der Waals surface area contributed by atoms with Crippen LogP contribution < -0.4 is 9.85 Å². The molecule has 0 spiro atoms. The maximum absolute atomic E-state index is 11.9. The summed E-state index contributed by atoms with van der Waals surface area (Å²) in [7, 11) is 1.54. The molecule has 7 heteroatoms. The summed E-state index contributed by atoms with van der Waals surface area (Å²) in [6.07, 6.45) is 1.50. The number of nitrogens with zero attached hydrogens (tertiary/aromatic N) is 4. The summed E-state index contributed by atoms with van der Waals surface area (Å²) in [6, 6.07) is 0.0408. The minimum atomic E-state index is -0.245. The molecule has 0 aliphatic heterocycles. The van der Waals surface area contributed by atoms with Crippen LogP contribution in [0, 0.1) is 0 Å². The van der Waals surface area contributed by atoms with E-state index in [-0.39, 0.29) is 17.5 Å². The van der Waals surface area contributed by atoms with E-state index in [9.17, 15) is 4.79 Å². The fourth-order valence-corrected chi connectivity index (χ4v) is 1.62. The van der Waals surface area contributed by atoms with E-state index in [1.165, 1.54) is 22.3 Å². The highest BCUT2D eigenvalue weighted by atomic mass is 35.5. The third-order valence-electron chi connectivity index (χ3n) is 2.35. The highest BCUT2D eigenvalue weighted by Gasteiger charge is 2.15. The van der Waals surface area contributed by atoms with Crippen molar-refractivity contribution in [2.45, 2.75) is 19.8 Å². The molecule has 0 saturated heterocycles. The molecule has 0 atom stereocenters. The van der Waals surface area contributed by atoms with Gasteiger partial charge in [0.2, 0.25) is 0 Å². The Bertz CT molecular complexity index is 587. The van der Waals surface area contributed by atoms with Crippen LogP contribution in [-0.4, -0.2) is 19.2 Å². The molecular formula is C9H11ClN4O2. The molecule has 2 aromatic rings. The Kier molecular flexibility index (Phi) is 2.59. The predicted octanol–water partition coefficient (Wildman–Crippen LogP) is 1.08. The molecule has 6 nitrogen and oxygen atoms in total. The van der Waals surface area contributed by atoms with Crippen LogP contribution in [0.4, 0.5) is 0 Å². The van der Waals surface area contributed by atoms with Gasteiger partial charge in [-0.3, -0.25) is 9.36 Å². The molecule has 0 saturated carbocycles. The number of halogens is 1. The fraction of sp³-hybridized carbons (Fsp3) is 0.444. The van der Waals surface area contributed by atoms with Gasteiger partial charge in [0.15, 0.2) is 5.52 Å². The first-order valence-electron chi connectivity index (χ1n) is 4.79. The summed E-state index contributed by atoms with van der Waals surface area (Å²) in [5.41, 5.74) is 0.161. The molecule has 0 unspecified atom stereocenters. The molecule has 0 aliphatic carbocycles. The molecule has 16 heavy (non-hydrogen) atoms. The average molecular weight is 243 g/mol. The van der Waals surface area contributed by atoms with Gasteiger partial charge in [-0.05, 0) is 0 Å². The number of imidazole rings is 1. The molecule has 2 aromatic heterocycles. The Morgan fingerprint density at radius 2 is 2.19 bits per heavy atom. The molecule has 0 aliphatic rings. The van der Waals surface area contributed by atoms with Crippen molar-refractivity contribution in [3.05, 3.63) is 22.4 Å². The van der Waals surface area contributed by atoms with E-state index in [0.29, 0.717) is 11.3 Å². The maximum atomic E-state index is 11.9. The van der Waals surface area contributed by atoms with E-state index in [0.717, 1.165) is 0 Å². The van der Waals surface area contributed by atoms with Gasteiger partial charge in [0, 0.05) is 13.0 Å². The first-order chi connectivity index (χ1) is 7.56. The Labute approximate surface area is 96.6 Å². The van der Waals surface area contributed by atoms with Crippen molar-refractivity contribution in [2.75, 3.05) is 0 Å². The van der Waals surface area contributed by atoms with E-state index in [2.05, 4.69) is 14.4 Å². The van der Waals surface area contributed by atoms with E-state index in [1.807, 2.05) is 13.8 Å². The Balaban J connectivity index is 2.85. The van der Waals surface area contributed by atoms with Gasteiger partial charge in [0.05, 0.1) is 6.20 Å². The molecule has 0 aromatic carbocycles. The third kappa shape index (κ3) is 1.46. The lowest BCUT2D eigenvalue weighted by atomic mass is 10.2. The fourth-order valence-electron chi connectivity index (χ4n) is 1.48. The van der Waals surface area contributed by atoms with Crippen molar-refractivity contribution in [3.63, 3.8) is 0 Å². The lowest BCUT2D eigenvalue weighted by Crippen LogP contribution is -2.22. The van der Waals surface area contributed by atoms with Gasteiger partial charge in [-0.15, -0.1) is 5.10 Å². The number of hydrogen-bond acceptors (Lipinski definition) is 4. The molecule has 0 amide bonds. The van der Waals surface area contributed by atoms with Gasteiger partial charge in [-0.1, -0.05) is 13.8 Å². The van der Waals surface area contributed by atoms with Gasteiger partial charge in [0.25, 0.3) is 5.56 Å². The smallest absolute Gasteiger partial charge is 0.336 e. The van der Waals surface area contributed by atoms with Crippen LogP contribution in [0.2, 0.25) is 0 Å². The molecule has 0 radical (unpaired) electrons. The summed E-state index contributed by atoms with van der Waals surface area (Å²) >= 11 is 5.25. The van der Waals surface area contributed by atoms with Gasteiger partial charge < -0.3 is 4.29 Å². The minimum absolute atomic E-state index is 0.0408. The SMILES string of the molecule is CC(C)c1ncc2c(=O)n(C)c(OCl)nn12. The van der Waals surface area contributed by atoms with Crippen molar-refractivity contribution >= 4 is 17.4 Å². The van der Waals surface area contributed by atoms with Crippen molar-refractivity contribution in [1.29, 1.82) is 0 Å². The second kappa shape index (κ2) is 3.79. The van der Waals surface area contributed by atoms with E-state index < -0.39 is 0 Å². The highest BCUT2D eigenvalue weighted by molar-refractivity contribution is 6.08. The first kappa shape index (κ1) is 10.9. The number of rotatable bonds is 2. The van der Waals surface area contributed by atoms with E-state index in [4.69, 9.17) is 11.9 Å². The topological polar surface area (TPSA) is 61.4 Å². The lowest BCUT2D eigenvalue weighted by molar-refractivity contribution is 0.489. The molecule has 2 rings (SSSR count). The molecule has 0 fully saturated rings. The summed E-state index contributed by atoms with van der Waals surface area (Å²) in [6.45, 7) is 3.93. The number of fused-ring (bicyclic) bond motifs is 1. The zero-order chi connectivity index (χ0) is 11.9. The van der Waals surface area contributed by atoms with Crippen LogP contribution in [0.25, 0.3) is 5.52 Å². The second-order valence-electron chi connectivity index (χ2n) is 3.79. The van der Waals surface area contributed by atoms with Crippen LogP contribution in [0.15, 0.2) is 11.0 Å². The summed E-state index contributed by atoms with van der Waals surface area (Å²) in [4.78, 5) is 16.0. The second-order valence-corrected chi connectivity index (χ2v) is 3.95. The largest absolute Gasteiger partial charge is 0.345 e. The van der Waals surface area contributed by atoms with Gasteiger partial charge in [0.1, 0.15) is 17.7 Å². The van der Waals surface area contributed by atoms with Crippen LogP contribution in [0.5, 0.6) is 6.01 Å². The molecular weight excluding hydrogens is 232 g/mol. The summed E-state index contributed by atoms with van der Waals surface area (Å²) < 4.78 is 7.21. The van der Waals surface area contributed by atoms with Crippen molar-refractivity contribution in [3.8, 4) is 6.01 Å². The van der Waals surface area contributed by atoms with Crippen LogP contribution in [-0.2, 0) is 7.05 Å². The maximum Gasteiger partial charge on any atom is 0.336 e. The third-order valence-corrected chi connectivity index (χ3v) is 2.48. The zero-order valence-corrected chi connectivity index (χ0v) is 9.89. The Morgan fingerprint density at radius 1 is 1.50 bits per heavy atom. The zero-order valence-electron chi connectivity index (χ0n) is 9.14. The quantitative estimate of drug-likeness (QED) is 0.791. The highest BCUT2D eigenvalue weighted by Crippen LogP contribution is 2.14. The first-order valence-corrected chi connectivity index (χ1v) is 5.10. The molecule has 86 valence electrons. The van der Waals surface area contributed by atoms with E-state index in [1.54, 1.807) is 0 Å². The van der Waals surface area contributed by atoms with Gasteiger partial charge in [-0.25, -0.2) is 9.50 Å². The molecule has 0 bridgehead atoms. The molecule has 0 N–H and O–H groups in total. The van der Waals surface area contributed by atoms with Gasteiger partial charge in [-0.2, -0.15) is 0 Å². The summed E-state index contributed by atoms with van der Waals surface area (Å²) in [5, 5.41) is 4.10. The lowest BCUT2D eigenvalue weighted by Gasteiger charge is -2.06. The van der Waals surface area contributed by atoms with Crippen molar-refractivity contribution in [2.24, 2.45) is 7.05 Å². The van der Waals surface area contributed by atoms with Gasteiger partial charge >= 0.3 is 6.01 Å². The normalized spacial score (nSPS) is 11.3. The Hall–Kier alpha value is -1.56. The van der Waals surface area contributed by atoms with Crippen LogP contribution in [0.1, 0.15) is 25.6 Å². The van der Waals surface area contributed by atoms with E-state index >= 15 is 0 Å². The monoisotopic (exact) mass is 242 g/mol. The van der Waals surface area contributed by atoms with Crippen molar-refractivity contribution in [1.82, 2.24) is 19.2 Å². The average Bonchev–Trinajstić information content (AvgIpc) is 2.67. The van der Waals surface area contributed by atoms with Crippen LogP contribution >= 0.6 is 11.9 Å². The summed E-state index contributed by atoms with van der Waals surface area (Å²) in [5.74, 6) is 0.855. The number of hydrogen-bond donors (Lipinski definition) is 0. The standard InChI is InChI=1S/C9H11ClN4O2/c1-5(2)7-11-4-6-8(15)13(3)9(16-10)12-14(6)7/h4-5H,1-3H3. The minimum Gasteiger partial charge on any atom is -0.345 e. The molecule has 2 heterocycles. The number of aromatic nitrogens is 4. The predicted molar refractivity (Wildman–Crippen MR) is 58.8 cm³/mol.